The molecule has 2 atom stereocenters. The third-order valence-electron chi connectivity index (χ3n) is 3.82. The van der Waals surface area contributed by atoms with Crippen LogP contribution in [0, 0.1) is 10.1 Å². The molecule has 1 aromatic carbocycles. The number of non-ortho nitro benzene ring substituents is 1. The molecule has 0 bridgehead atoms. The number of carbonyl (C=O) groups is 2. The summed E-state index contributed by atoms with van der Waals surface area (Å²) in [6, 6.07) is 5.06. The van der Waals surface area contributed by atoms with Crippen molar-refractivity contribution >= 4 is 17.4 Å². The Kier molecular flexibility index (Phi) is 7.51. The maximum atomic E-state index is 12.0. The summed E-state index contributed by atoms with van der Waals surface area (Å²) in [4.78, 5) is 35.8. The van der Waals surface area contributed by atoms with E-state index in [0.717, 1.165) is 0 Å². The molecular weight excluding hydrogens is 312 g/mol. The van der Waals surface area contributed by atoms with Gasteiger partial charge in [0.05, 0.1) is 16.5 Å². The van der Waals surface area contributed by atoms with Gasteiger partial charge in [-0.05, 0) is 19.2 Å². The molecule has 1 saturated heterocycles. The summed E-state index contributed by atoms with van der Waals surface area (Å²) < 4.78 is 5.39. The molecule has 132 valence electrons. The summed E-state index contributed by atoms with van der Waals surface area (Å²) in [7, 11) is 1.83. The van der Waals surface area contributed by atoms with Crippen molar-refractivity contribution in [3.8, 4) is 0 Å². The third-order valence-corrected chi connectivity index (χ3v) is 3.82. The number of ketones is 1. The van der Waals surface area contributed by atoms with Gasteiger partial charge in [-0.2, -0.15) is 0 Å². The van der Waals surface area contributed by atoms with Crippen molar-refractivity contribution in [1.82, 2.24) is 4.90 Å². The van der Waals surface area contributed by atoms with Gasteiger partial charge in [-0.3, -0.25) is 19.8 Å². The molecule has 0 aliphatic carbocycles. The first-order valence-corrected chi connectivity index (χ1v) is 8.10. The van der Waals surface area contributed by atoms with Crippen LogP contribution in [0.25, 0.3) is 0 Å². The van der Waals surface area contributed by atoms with E-state index in [1.54, 1.807) is 0 Å². The Balaban J connectivity index is 0.00000139. The van der Waals surface area contributed by atoms with Gasteiger partial charge in [-0.25, -0.2) is 4.79 Å². The number of nitro groups is 1. The predicted molar refractivity (Wildman–Crippen MR) is 90.0 cm³/mol. The van der Waals surface area contributed by atoms with Crippen LogP contribution in [0.1, 0.15) is 44.0 Å². The van der Waals surface area contributed by atoms with Crippen LogP contribution in [0.4, 0.5) is 5.69 Å². The Labute approximate surface area is 141 Å². The number of nitrogens with zero attached hydrogens (tertiary/aromatic N) is 2. The van der Waals surface area contributed by atoms with Crippen LogP contribution < -0.4 is 0 Å². The first kappa shape index (κ1) is 19.8. The van der Waals surface area contributed by atoms with Gasteiger partial charge in [-0.1, -0.05) is 20.8 Å². The summed E-state index contributed by atoms with van der Waals surface area (Å²) in [5, 5.41) is 10.6. The van der Waals surface area contributed by atoms with E-state index in [1.165, 1.54) is 24.3 Å². The highest BCUT2D eigenvalue weighted by Gasteiger charge is 2.35. The van der Waals surface area contributed by atoms with Gasteiger partial charge >= 0.3 is 5.97 Å². The van der Waals surface area contributed by atoms with E-state index in [2.05, 4.69) is 0 Å². The van der Waals surface area contributed by atoms with Gasteiger partial charge < -0.3 is 4.74 Å². The van der Waals surface area contributed by atoms with E-state index < -0.39 is 10.9 Å². The molecule has 0 spiro atoms. The lowest BCUT2D eigenvalue weighted by atomic mass is 10.1. The minimum atomic E-state index is -0.530. The third kappa shape index (κ3) is 4.86. The SMILES string of the molecule is CC.CCC(=O)C1CC(OC(=O)c2ccc([N+](=O)[O-])cc2)CN1C. The Bertz CT molecular complexity index is 585. The van der Waals surface area contributed by atoms with E-state index in [-0.39, 0.29) is 29.2 Å². The molecule has 2 unspecified atom stereocenters. The molecular formula is C17H24N2O5. The zero-order chi connectivity index (χ0) is 18.3. The lowest BCUT2D eigenvalue weighted by Crippen LogP contribution is -2.32. The molecule has 1 heterocycles. The highest BCUT2D eigenvalue weighted by Crippen LogP contribution is 2.22. The summed E-state index contributed by atoms with van der Waals surface area (Å²) in [5.41, 5.74) is 0.185. The topological polar surface area (TPSA) is 89.8 Å². The molecule has 0 aromatic heterocycles. The van der Waals surface area contributed by atoms with Gasteiger partial charge in [0.15, 0.2) is 0 Å². The van der Waals surface area contributed by atoms with Crippen molar-refractivity contribution in [1.29, 1.82) is 0 Å². The molecule has 2 rings (SSSR count). The lowest BCUT2D eigenvalue weighted by Gasteiger charge is -2.15. The number of Topliss-reactive ketones (excluding diaryl/α,β-unsaturated/α-hetero) is 1. The first-order valence-electron chi connectivity index (χ1n) is 8.10. The fourth-order valence-electron chi connectivity index (χ4n) is 2.59. The number of ether oxygens (including phenoxy) is 1. The number of likely N-dealkylation sites (N-methyl/N-ethyl adjacent to an activating group) is 1. The predicted octanol–water partition coefficient (Wildman–Crippen LogP) is 2.83. The Morgan fingerprint density at radius 2 is 1.88 bits per heavy atom. The second-order valence-corrected chi connectivity index (χ2v) is 5.34. The average molecular weight is 336 g/mol. The zero-order valence-electron chi connectivity index (χ0n) is 14.5. The Morgan fingerprint density at radius 1 is 1.29 bits per heavy atom. The number of likely N-dealkylation sites (tertiary alicyclic amines) is 1. The van der Waals surface area contributed by atoms with Crippen LogP contribution in [-0.4, -0.2) is 47.3 Å². The van der Waals surface area contributed by atoms with Gasteiger partial charge in [0, 0.05) is 31.5 Å². The largest absolute Gasteiger partial charge is 0.457 e. The summed E-state index contributed by atoms with van der Waals surface area (Å²) in [5.74, 6) is -0.394. The van der Waals surface area contributed by atoms with Crippen LogP contribution in [0.2, 0.25) is 0 Å². The minimum Gasteiger partial charge on any atom is -0.457 e. The van der Waals surface area contributed by atoms with Crippen LogP contribution in [0.3, 0.4) is 0 Å². The number of rotatable bonds is 5. The molecule has 0 radical (unpaired) electrons. The number of hydrogen-bond acceptors (Lipinski definition) is 6. The van der Waals surface area contributed by atoms with Gasteiger partial charge in [0.25, 0.3) is 5.69 Å². The summed E-state index contributed by atoms with van der Waals surface area (Å²) in [6.45, 7) is 6.32. The summed E-state index contributed by atoms with van der Waals surface area (Å²) in [6.07, 6.45) is 0.605. The standard InChI is InChI=1S/C15H18N2O5.C2H6/c1-3-14(18)13-8-12(9-16(13)2)22-15(19)10-4-6-11(7-5-10)17(20)21;1-2/h4-7,12-13H,3,8-9H2,1-2H3;1-2H3. The Morgan fingerprint density at radius 3 is 2.38 bits per heavy atom. The fourth-order valence-corrected chi connectivity index (χ4v) is 2.59. The lowest BCUT2D eigenvalue weighted by molar-refractivity contribution is -0.384. The number of nitro benzene ring substituents is 1. The molecule has 7 nitrogen and oxygen atoms in total. The van der Waals surface area contributed by atoms with Gasteiger partial charge in [0.2, 0.25) is 0 Å². The highest BCUT2D eigenvalue weighted by atomic mass is 16.6. The van der Waals surface area contributed by atoms with Crippen molar-refractivity contribution in [2.75, 3.05) is 13.6 Å². The summed E-state index contributed by atoms with van der Waals surface area (Å²) >= 11 is 0. The van der Waals surface area contributed by atoms with E-state index >= 15 is 0 Å². The number of hydrogen-bond donors (Lipinski definition) is 0. The molecule has 1 aromatic rings. The molecule has 7 heteroatoms. The van der Waals surface area contributed by atoms with Crippen LogP contribution in [0.5, 0.6) is 0 Å². The maximum absolute atomic E-state index is 12.0. The highest BCUT2D eigenvalue weighted by molar-refractivity contribution is 5.90. The number of benzene rings is 1. The van der Waals surface area contributed by atoms with E-state index in [0.29, 0.717) is 19.4 Å². The minimum absolute atomic E-state index is 0.0780. The second kappa shape index (κ2) is 9.12. The first-order chi connectivity index (χ1) is 11.4. The molecule has 0 amide bonds. The van der Waals surface area contributed by atoms with Gasteiger partial charge in [-0.15, -0.1) is 0 Å². The fraction of sp³-hybridized carbons (Fsp3) is 0.529. The van der Waals surface area contributed by atoms with Crippen molar-refractivity contribution < 1.29 is 19.2 Å². The molecule has 0 saturated carbocycles. The van der Waals surface area contributed by atoms with Crippen LogP contribution in [-0.2, 0) is 9.53 Å². The quantitative estimate of drug-likeness (QED) is 0.466. The molecule has 0 N–H and O–H groups in total. The van der Waals surface area contributed by atoms with E-state index in [1.807, 2.05) is 32.7 Å². The zero-order valence-corrected chi connectivity index (χ0v) is 14.5. The average Bonchev–Trinajstić information content (AvgIpc) is 2.96. The maximum Gasteiger partial charge on any atom is 0.338 e. The van der Waals surface area contributed by atoms with E-state index in [4.69, 9.17) is 4.74 Å². The van der Waals surface area contributed by atoms with E-state index in [9.17, 15) is 19.7 Å². The molecule has 1 aliphatic heterocycles. The monoisotopic (exact) mass is 336 g/mol. The second-order valence-electron chi connectivity index (χ2n) is 5.34. The van der Waals surface area contributed by atoms with Crippen LogP contribution >= 0.6 is 0 Å². The van der Waals surface area contributed by atoms with Crippen LogP contribution in [0.15, 0.2) is 24.3 Å². The van der Waals surface area contributed by atoms with Crippen molar-refractivity contribution in [3.63, 3.8) is 0 Å². The van der Waals surface area contributed by atoms with Crippen molar-refractivity contribution in [2.45, 2.75) is 45.8 Å². The number of esters is 1. The van der Waals surface area contributed by atoms with Crippen molar-refractivity contribution in [2.24, 2.45) is 0 Å². The molecule has 1 aliphatic rings. The molecule has 1 fully saturated rings. The normalized spacial score (nSPS) is 20.0. The van der Waals surface area contributed by atoms with Gasteiger partial charge in [0.1, 0.15) is 11.9 Å². The van der Waals surface area contributed by atoms with Crippen molar-refractivity contribution in [3.05, 3.63) is 39.9 Å². The number of carbonyl (C=O) groups excluding carboxylic acids is 2. The Hall–Kier alpha value is -2.28. The smallest absolute Gasteiger partial charge is 0.338 e. The molecule has 24 heavy (non-hydrogen) atoms.